The van der Waals surface area contributed by atoms with Gasteiger partial charge in [-0.05, 0) is 57.0 Å². The second-order valence-corrected chi connectivity index (χ2v) is 10.7. The Hall–Kier alpha value is -2.75. The van der Waals surface area contributed by atoms with E-state index >= 15 is 0 Å². The molecule has 3 aromatic rings. The first-order valence-corrected chi connectivity index (χ1v) is 13.1. The number of morpholine rings is 1. The first-order valence-electron chi connectivity index (χ1n) is 11.7. The van der Waals surface area contributed by atoms with Crippen LogP contribution >= 0.6 is 0 Å². The summed E-state index contributed by atoms with van der Waals surface area (Å²) in [4.78, 5) is 17.6. The Labute approximate surface area is 201 Å². The lowest BCUT2D eigenvalue weighted by atomic mass is 10.0. The Morgan fingerprint density at radius 1 is 1.09 bits per heavy atom. The number of anilines is 1. The van der Waals surface area contributed by atoms with E-state index < -0.39 is 10.0 Å². The molecule has 1 N–H and O–H groups in total. The Balaban J connectivity index is 1.53. The maximum atomic E-state index is 13.0. The van der Waals surface area contributed by atoms with Gasteiger partial charge in [-0.3, -0.25) is 4.79 Å². The van der Waals surface area contributed by atoms with Gasteiger partial charge < -0.3 is 14.6 Å². The van der Waals surface area contributed by atoms with Crippen molar-refractivity contribution in [2.45, 2.75) is 52.0 Å². The van der Waals surface area contributed by atoms with Crippen LogP contribution in [0.5, 0.6) is 0 Å². The first-order chi connectivity index (χ1) is 16.2. The molecule has 0 radical (unpaired) electrons. The number of hydrogen-bond donors (Lipinski definition) is 1. The molecule has 1 aliphatic rings. The second-order valence-electron chi connectivity index (χ2n) is 8.76. The van der Waals surface area contributed by atoms with E-state index in [0.29, 0.717) is 44.8 Å². The summed E-state index contributed by atoms with van der Waals surface area (Å²) in [6.45, 7) is 10.2. The van der Waals surface area contributed by atoms with Crippen LogP contribution < -0.4 is 5.32 Å². The lowest BCUT2D eigenvalue weighted by molar-refractivity contribution is -0.116. The number of hydrogen-bond acceptors (Lipinski definition) is 5. The molecule has 0 aliphatic carbocycles. The fraction of sp³-hybridized carbons (Fsp3) is 0.440. The fourth-order valence-corrected chi connectivity index (χ4v) is 6.03. The molecule has 1 amide bonds. The Bertz CT molecular complexity index is 1300. The minimum Gasteiger partial charge on any atom is -0.379 e. The number of rotatable bonds is 7. The van der Waals surface area contributed by atoms with E-state index in [-0.39, 0.29) is 17.2 Å². The van der Waals surface area contributed by atoms with E-state index in [9.17, 15) is 13.2 Å². The van der Waals surface area contributed by atoms with E-state index in [1.54, 1.807) is 12.1 Å². The predicted molar refractivity (Wildman–Crippen MR) is 133 cm³/mol. The molecule has 1 aliphatic heterocycles. The molecule has 1 fully saturated rings. The number of nitrogens with zero attached hydrogens (tertiary/aromatic N) is 3. The van der Waals surface area contributed by atoms with Crippen LogP contribution in [0.15, 0.2) is 35.2 Å². The fourth-order valence-electron chi connectivity index (χ4n) is 4.60. The highest BCUT2D eigenvalue weighted by Crippen LogP contribution is 2.25. The monoisotopic (exact) mass is 484 g/mol. The van der Waals surface area contributed by atoms with Gasteiger partial charge in [0.15, 0.2) is 0 Å². The van der Waals surface area contributed by atoms with Gasteiger partial charge in [0.2, 0.25) is 15.9 Å². The van der Waals surface area contributed by atoms with E-state index in [1.165, 1.54) is 9.87 Å². The van der Waals surface area contributed by atoms with Crippen molar-refractivity contribution in [2.24, 2.45) is 0 Å². The molecule has 2 heterocycles. The van der Waals surface area contributed by atoms with Crippen LogP contribution in [0.1, 0.15) is 35.9 Å². The third kappa shape index (κ3) is 4.87. The molecule has 0 unspecified atom stereocenters. The number of aryl methyl sites for hydroxylation is 5. The number of sulfonamides is 1. The third-order valence-electron chi connectivity index (χ3n) is 6.24. The molecule has 2 aromatic carbocycles. The zero-order chi connectivity index (χ0) is 24.5. The average Bonchev–Trinajstić information content (AvgIpc) is 3.17. The van der Waals surface area contributed by atoms with Crippen molar-refractivity contribution >= 4 is 32.7 Å². The number of carbonyl (C=O) groups is 1. The number of ether oxygens (including phenoxy) is 1. The van der Waals surface area contributed by atoms with Crippen LogP contribution in [0.25, 0.3) is 11.0 Å². The molecule has 182 valence electrons. The summed E-state index contributed by atoms with van der Waals surface area (Å²) in [5.41, 5.74) is 5.60. The summed E-state index contributed by atoms with van der Waals surface area (Å²) in [7, 11) is -3.60. The summed E-state index contributed by atoms with van der Waals surface area (Å²) in [6.07, 6.45) is 0.749. The quantitative estimate of drug-likeness (QED) is 0.553. The number of imidazole rings is 1. The van der Waals surface area contributed by atoms with Gasteiger partial charge in [0.1, 0.15) is 5.82 Å². The normalized spacial score (nSPS) is 15.1. The number of amides is 1. The summed E-state index contributed by atoms with van der Waals surface area (Å²) < 4.78 is 34.9. The predicted octanol–water partition coefficient (Wildman–Crippen LogP) is 3.57. The lowest BCUT2D eigenvalue weighted by Crippen LogP contribution is -2.40. The first kappa shape index (κ1) is 24.4. The van der Waals surface area contributed by atoms with Crippen molar-refractivity contribution in [3.8, 4) is 0 Å². The van der Waals surface area contributed by atoms with Gasteiger partial charge in [-0.2, -0.15) is 4.31 Å². The van der Waals surface area contributed by atoms with Crippen molar-refractivity contribution in [2.75, 3.05) is 31.6 Å². The summed E-state index contributed by atoms with van der Waals surface area (Å²) in [6, 6.07) is 9.19. The topological polar surface area (TPSA) is 93.5 Å². The largest absolute Gasteiger partial charge is 0.379 e. The maximum Gasteiger partial charge on any atom is 0.243 e. The Kier molecular flexibility index (Phi) is 7.06. The van der Waals surface area contributed by atoms with Gasteiger partial charge in [0.05, 0.1) is 29.1 Å². The van der Waals surface area contributed by atoms with Gasteiger partial charge in [-0.1, -0.05) is 17.7 Å². The molecule has 1 aromatic heterocycles. The number of nitrogens with one attached hydrogen (secondary N) is 1. The van der Waals surface area contributed by atoms with Crippen LogP contribution in [0.3, 0.4) is 0 Å². The van der Waals surface area contributed by atoms with E-state index in [0.717, 1.165) is 28.2 Å². The number of benzene rings is 2. The molecule has 0 saturated carbocycles. The lowest BCUT2D eigenvalue weighted by Gasteiger charge is -2.26. The number of aromatic nitrogens is 2. The maximum absolute atomic E-state index is 13.0. The van der Waals surface area contributed by atoms with Crippen molar-refractivity contribution < 1.29 is 17.9 Å². The summed E-state index contributed by atoms with van der Waals surface area (Å²) in [5, 5.41) is 3.04. The Morgan fingerprint density at radius 3 is 2.41 bits per heavy atom. The molecular weight excluding hydrogens is 452 g/mol. The average molecular weight is 485 g/mol. The van der Waals surface area contributed by atoms with Crippen molar-refractivity contribution in [3.05, 3.63) is 52.8 Å². The van der Waals surface area contributed by atoms with Crippen LogP contribution in [0, 0.1) is 20.8 Å². The minimum absolute atomic E-state index is 0.0691. The summed E-state index contributed by atoms with van der Waals surface area (Å²) in [5.74, 6) is 0.700. The van der Waals surface area contributed by atoms with Crippen LogP contribution in [-0.4, -0.2) is 54.5 Å². The second kappa shape index (κ2) is 9.85. The van der Waals surface area contributed by atoms with E-state index in [2.05, 4.69) is 17.4 Å². The SMILES string of the molecule is CCn1c(CCC(=O)Nc2c(C)cc(C)cc2C)nc2cc(S(=O)(=O)N3CCOCC3)ccc21. The number of fused-ring (bicyclic) bond motifs is 1. The summed E-state index contributed by atoms with van der Waals surface area (Å²) >= 11 is 0. The van der Waals surface area contributed by atoms with Crippen LogP contribution in [0.2, 0.25) is 0 Å². The zero-order valence-corrected chi connectivity index (χ0v) is 21.0. The van der Waals surface area contributed by atoms with Gasteiger partial charge in [-0.25, -0.2) is 13.4 Å². The zero-order valence-electron chi connectivity index (χ0n) is 20.2. The van der Waals surface area contributed by atoms with Crippen molar-refractivity contribution in [1.82, 2.24) is 13.9 Å². The molecule has 0 atom stereocenters. The van der Waals surface area contributed by atoms with Crippen molar-refractivity contribution in [3.63, 3.8) is 0 Å². The van der Waals surface area contributed by atoms with Crippen LogP contribution in [-0.2, 0) is 32.5 Å². The molecule has 1 saturated heterocycles. The standard InChI is InChI=1S/C25H32N4O4S/c1-5-29-22-7-6-20(34(31,32)28-10-12-33-13-11-28)16-21(22)26-23(29)8-9-24(30)27-25-18(3)14-17(2)15-19(25)4/h6-7,14-16H,5,8-13H2,1-4H3,(H,27,30). The van der Waals surface area contributed by atoms with Crippen molar-refractivity contribution in [1.29, 1.82) is 0 Å². The highest BCUT2D eigenvalue weighted by atomic mass is 32.2. The molecule has 9 heteroatoms. The molecule has 34 heavy (non-hydrogen) atoms. The minimum atomic E-state index is -3.60. The number of carbonyl (C=O) groups excluding carboxylic acids is 1. The van der Waals surface area contributed by atoms with Crippen LogP contribution in [0.4, 0.5) is 5.69 Å². The smallest absolute Gasteiger partial charge is 0.243 e. The van der Waals surface area contributed by atoms with Gasteiger partial charge in [0.25, 0.3) is 0 Å². The van der Waals surface area contributed by atoms with E-state index in [1.807, 2.05) is 38.3 Å². The molecule has 0 spiro atoms. The van der Waals surface area contributed by atoms with Gasteiger partial charge in [0, 0.05) is 38.2 Å². The third-order valence-corrected chi connectivity index (χ3v) is 8.13. The molecular formula is C25H32N4O4S. The highest BCUT2D eigenvalue weighted by Gasteiger charge is 2.27. The van der Waals surface area contributed by atoms with Gasteiger partial charge >= 0.3 is 0 Å². The molecule has 4 rings (SSSR count). The van der Waals surface area contributed by atoms with E-state index in [4.69, 9.17) is 9.72 Å². The Morgan fingerprint density at radius 2 is 1.76 bits per heavy atom. The molecule has 0 bridgehead atoms. The highest BCUT2D eigenvalue weighted by molar-refractivity contribution is 7.89. The molecule has 8 nitrogen and oxygen atoms in total. The van der Waals surface area contributed by atoms with Gasteiger partial charge in [-0.15, -0.1) is 0 Å².